The van der Waals surface area contributed by atoms with Gasteiger partial charge in [0, 0.05) is 48.4 Å². The number of fused-ring (bicyclic) bond motifs is 18. The van der Waals surface area contributed by atoms with Crippen LogP contribution in [0.25, 0.3) is 107 Å². The second kappa shape index (κ2) is 10.1. The topological polar surface area (TPSA) is 9.86 Å². The summed E-state index contributed by atoms with van der Waals surface area (Å²) in [6.07, 6.45) is 0. The first-order valence-corrected chi connectivity index (χ1v) is 18.4. The summed E-state index contributed by atoms with van der Waals surface area (Å²) >= 11 is 1.92. The normalized spacial score (nSPS) is 12.3. The maximum atomic E-state index is 2.56. The molecule has 0 fully saturated rings. The van der Waals surface area contributed by atoms with Crippen molar-refractivity contribution in [3.05, 3.63) is 170 Å². The molecule has 0 radical (unpaired) electrons. The fraction of sp³-hybridized carbons (Fsp3) is 0. The van der Waals surface area contributed by atoms with Gasteiger partial charge in [-0.2, -0.15) is 0 Å². The predicted molar refractivity (Wildman–Crippen MR) is 221 cm³/mol. The van der Waals surface area contributed by atoms with E-state index in [1.165, 1.54) is 107 Å². The molecule has 51 heavy (non-hydrogen) atoms. The van der Waals surface area contributed by atoms with E-state index in [2.05, 4.69) is 179 Å². The van der Waals surface area contributed by atoms with E-state index in [-0.39, 0.29) is 0 Å². The standard InChI is InChI=1S/C48H28N2S/c1-2-14-29(15-3-1)49-41-24-12-9-21-37(41)45-46-43(44-38-22-10-13-25-42(38)51-48(44)47(45)49)36-20-8-11-23-40(36)50(46)30-26-27-35-33-18-5-4-16-31(33)32-17-6-7-19-34(32)39(35)28-30/h1-28H. The summed E-state index contributed by atoms with van der Waals surface area (Å²) in [7, 11) is 0. The van der Waals surface area contributed by atoms with E-state index >= 15 is 0 Å². The summed E-state index contributed by atoms with van der Waals surface area (Å²) in [4.78, 5) is 0. The van der Waals surface area contributed by atoms with E-state index in [0.29, 0.717) is 0 Å². The van der Waals surface area contributed by atoms with Crippen molar-refractivity contribution in [1.29, 1.82) is 0 Å². The van der Waals surface area contributed by atoms with Gasteiger partial charge in [-0.25, -0.2) is 0 Å². The first-order chi connectivity index (χ1) is 25.3. The minimum absolute atomic E-state index is 1.17. The lowest BCUT2D eigenvalue weighted by Gasteiger charge is -2.14. The molecular weight excluding hydrogens is 637 g/mol. The van der Waals surface area contributed by atoms with E-state index in [1.54, 1.807) is 0 Å². The Kier molecular flexibility index (Phi) is 5.41. The highest BCUT2D eigenvalue weighted by molar-refractivity contribution is 7.27. The highest BCUT2D eigenvalue weighted by Crippen LogP contribution is 2.51. The maximum absolute atomic E-state index is 2.56. The lowest BCUT2D eigenvalue weighted by molar-refractivity contribution is 1.18. The molecule has 12 rings (SSSR count). The number of benzene rings is 9. The lowest BCUT2D eigenvalue weighted by Crippen LogP contribution is -1.96. The summed E-state index contributed by atoms with van der Waals surface area (Å²) in [5, 5.41) is 15.5. The van der Waals surface area contributed by atoms with Crippen molar-refractivity contribution in [2.75, 3.05) is 0 Å². The molecule has 0 N–H and O–H groups in total. The third-order valence-corrected chi connectivity index (χ3v) is 12.2. The molecule has 2 nitrogen and oxygen atoms in total. The van der Waals surface area contributed by atoms with Gasteiger partial charge in [0.2, 0.25) is 0 Å². The first-order valence-electron chi connectivity index (χ1n) is 17.5. The van der Waals surface area contributed by atoms with E-state index in [1.807, 2.05) is 11.3 Å². The van der Waals surface area contributed by atoms with Gasteiger partial charge in [-0.1, -0.05) is 127 Å². The highest BCUT2D eigenvalue weighted by Gasteiger charge is 2.26. The Balaban J connectivity index is 1.36. The van der Waals surface area contributed by atoms with Crippen LogP contribution in [0.15, 0.2) is 170 Å². The van der Waals surface area contributed by atoms with Crippen LogP contribution in [0.1, 0.15) is 0 Å². The van der Waals surface area contributed by atoms with E-state index in [0.717, 1.165) is 0 Å². The molecule has 0 spiro atoms. The third-order valence-electron chi connectivity index (χ3n) is 11.0. The second-order valence-corrected chi connectivity index (χ2v) is 14.7. The van der Waals surface area contributed by atoms with Crippen LogP contribution in [0.2, 0.25) is 0 Å². The average molecular weight is 665 g/mol. The Morgan fingerprint density at radius 3 is 1.47 bits per heavy atom. The molecule has 0 aliphatic heterocycles. The van der Waals surface area contributed by atoms with Crippen LogP contribution in [0.3, 0.4) is 0 Å². The van der Waals surface area contributed by atoms with E-state index in [9.17, 15) is 0 Å². The molecule has 9 aromatic carbocycles. The molecule has 0 unspecified atom stereocenters. The molecule has 0 aliphatic rings. The van der Waals surface area contributed by atoms with Crippen LogP contribution < -0.4 is 0 Å². The van der Waals surface area contributed by atoms with Crippen molar-refractivity contribution in [1.82, 2.24) is 9.13 Å². The molecule has 0 bridgehead atoms. The quantitative estimate of drug-likeness (QED) is 0.163. The average Bonchev–Trinajstić information content (AvgIpc) is 3.86. The number of para-hydroxylation sites is 3. The first kappa shape index (κ1) is 27.4. The van der Waals surface area contributed by atoms with Crippen LogP contribution >= 0.6 is 11.3 Å². The Labute approximate surface area is 296 Å². The number of aromatic nitrogens is 2. The van der Waals surface area contributed by atoms with E-state index < -0.39 is 0 Å². The number of hydrogen-bond donors (Lipinski definition) is 0. The molecule has 0 saturated carbocycles. The van der Waals surface area contributed by atoms with Crippen LogP contribution in [-0.2, 0) is 0 Å². The van der Waals surface area contributed by atoms with Gasteiger partial charge in [0.25, 0.3) is 0 Å². The Morgan fingerprint density at radius 2 is 0.804 bits per heavy atom. The second-order valence-electron chi connectivity index (χ2n) is 13.6. The monoisotopic (exact) mass is 664 g/mol. The number of rotatable bonds is 2. The zero-order chi connectivity index (χ0) is 33.2. The number of thiophene rings is 1. The molecule has 3 heterocycles. The SMILES string of the molecule is c1ccc(-n2c3ccccc3c3c2c2sc4ccccc4c2c2c4ccccc4n(-c4ccc5c6ccccc6c6ccccc6c5c4)c23)cc1. The molecular formula is C48H28N2S. The van der Waals surface area contributed by atoms with Crippen molar-refractivity contribution in [2.24, 2.45) is 0 Å². The summed E-state index contributed by atoms with van der Waals surface area (Å²) < 4.78 is 7.71. The van der Waals surface area contributed by atoms with Crippen molar-refractivity contribution < 1.29 is 0 Å². The van der Waals surface area contributed by atoms with Crippen LogP contribution in [0, 0.1) is 0 Å². The van der Waals surface area contributed by atoms with Gasteiger partial charge in [0.15, 0.2) is 0 Å². The zero-order valence-electron chi connectivity index (χ0n) is 27.5. The summed E-state index contributed by atoms with van der Waals surface area (Å²) in [6, 6.07) is 62.7. The number of hydrogen-bond acceptors (Lipinski definition) is 1. The molecule has 0 atom stereocenters. The Bertz CT molecular complexity index is 3380. The maximum Gasteiger partial charge on any atom is 0.0741 e. The van der Waals surface area contributed by atoms with Crippen molar-refractivity contribution in [3.8, 4) is 11.4 Å². The number of nitrogens with zero attached hydrogens (tertiary/aromatic N) is 2. The van der Waals surface area contributed by atoms with E-state index in [4.69, 9.17) is 0 Å². The van der Waals surface area contributed by atoms with Crippen molar-refractivity contribution in [2.45, 2.75) is 0 Å². The molecule has 0 amide bonds. The summed E-state index contributed by atoms with van der Waals surface area (Å²) in [5.74, 6) is 0. The summed E-state index contributed by atoms with van der Waals surface area (Å²) in [6.45, 7) is 0. The van der Waals surface area contributed by atoms with Gasteiger partial charge in [-0.05, 0) is 74.8 Å². The Hall–Kier alpha value is -6.42. The van der Waals surface area contributed by atoms with Crippen molar-refractivity contribution in [3.63, 3.8) is 0 Å². The minimum atomic E-state index is 1.17. The zero-order valence-corrected chi connectivity index (χ0v) is 28.3. The minimum Gasteiger partial charge on any atom is -0.308 e. The molecule has 3 heteroatoms. The Morgan fingerprint density at radius 1 is 0.314 bits per heavy atom. The molecule has 0 saturated heterocycles. The fourth-order valence-electron chi connectivity index (χ4n) is 9.03. The van der Waals surface area contributed by atoms with Crippen LogP contribution in [0.4, 0.5) is 0 Å². The van der Waals surface area contributed by atoms with Gasteiger partial charge in [-0.3, -0.25) is 0 Å². The van der Waals surface area contributed by atoms with Gasteiger partial charge in [0.1, 0.15) is 0 Å². The molecule has 236 valence electrons. The molecule has 3 aromatic heterocycles. The summed E-state index contributed by atoms with van der Waals surface area (Å²) in [5.41, 5.74) is 7.32. The van der Waals surface area contributed by atoms with Crippen molar-refractivity contribution >= 4 is 107 Å². The smallest absolute Gasteiger partial charge is 0.0741 e. The van der Waals surface area contributed by atoms with Gasteiger partial charge < -0.3 is 9.13 Å². The van der Waals surface area contributed by atoms with Crippen LogP contribution in [-0.4, -0.2) is 9.13 Å². The lowest BCUT2D eigenvalue weighted by atomic mass is 9.94. The fourth-order valence-corrected chi connectivity index (χ4v) is 10.3. The van der Waals surface area contributed by atoms with Gasteiger partial charge in [0.05, 0.1) is 26.8 Å². The molecule has 0 aliphatic carbocycles. The molecule has 12 aromatic rings. The van der Waals surface area contributed by atoms with Gasteiger partial charge >= 0.3 is 0 Å². The predicted octanol–water partition coefficient (Wildman–Crippen LogP) is 13.7. The van der Waals surface area contributed by atoms with Crippen LogP contribution in [0.5, 0.6) is 0 Å². The van der Waals surface area contributed by atoms with Gasteiger partial charge in [-0.15, -0.1) is 11.3 Å². The largest absolute Gasteiger partial charge is 0.308 e. The third kappa shape index (κ3) is 3.56. The highest BCUT2D eigenvalue weighted by atomic mass is 32.1.